The molecule has 0 spiro atoms. The minimum atomic E-state index is -4.04. The van der Waals surface area contributed by atoms with E-state index in [1.54, 1.807) is 0 Å². The van der Waals surface area contributed by atoms with Crippen LogP contribution in [0.1, 0.15) is 11.6 Å². The number of hydrogen-bond donors (Lipinski definition) is 1. The van der Waals surface area contributed by atoms with Crippen LogP contribution >= 0.6 is 11.3 Å². The minimum Gasteiger partial charge on any atom is -0.301 e. The Balaban J connectivity index is 2.18. The van der Waals surface area contributed by atoms with Crippen LogP contribution in [0.5, 0.6) is 0 Å². The molecule has 1 heterocycles. The Kier molecular flexibility index (Phi) is 5.28. The molecule has 0 aliphatic heterocycles. The normalized spacial score (nSPS) is 13.5. The van der Waals surface area contributed by atoms with Gasteiger partial charge in [-0.05, 0) is 48.6 Å². The average molecular weight is 346 g/mol. The summed E-state index contributed by atoms with van der Waals surface area (Å²) < 4.78 is 53.2. The maximum atomic E-state index is 13.6. The van der Waals surface area contributed by atoms with E-state index in [0.29, 0.717) is 6.07 Å². The quantitative estimate of drug-likeness (QED) is 0.875. The third-order valence-corrected chi connectivity index (χ3v) is 5.36. The number of rotatable bonds is 6. The van der Waals surface area contributed by atoms with Gasteiger partial charge >= 0.3 is 0 Å². The van der Waals surface area contributed by atoms with Gasteiger partial charge in [0.05, 0.1) is 0 Å². The van der Waals surface area contributed by atoms with Crippen molar-refractivity contribution in [3.63, 3.8) is 0 Å². The topological polar surface area (TPSA) is 49.4 Å². The summed E-state index contributed by atoms with van der Waals surface area (Å²) in [6.07, 6.45) is 0. The summed E-state index contributed by atoms with van der Waals surface area (Å²) in [4.78, 5) is 1.31. The van der Waals surface area contributed by atoms with Gasteiger partial charge in [0.25, 0.3) is 0 Å². The third kappa shape index (κ3) is 3.89. The molecule has 0 aliphatic carbocycles. The molecule has 120 valence electrons. The largest absolute Gasteiger partial charge is 0.301 e. The van der Waals surface area contributed by atoms with Crippen molar-refractivity contribution in [3.8, 4) is 0 Å². The van der Waals surface area contributed by atoms with Crippen molar-refractivity contribution >= 4 is 21.4 Å². The molecule has 1 N–H and O–H groups in total. The van der Waals surface area contributed by atoms with Crippen LogP contribution in [0.4, 0.5) is 8.78 Å². The molecule has 0 amide bonds. The molecule has 0 saturated carbocycles. The van der Waals surface area contributed by atoms with Crippen LogP contribution in [0.25, 0.3) is 0 Å². The highest BCUT2D eigenvalue weighted by Gasteiger charge is 2.22. The van der Waals surface area contributed by atoms with Crippen molar-refractivity contribution in [2.24, 2.45) is 0 Å². The summed E-state index contributed by atoms with van der Waals surface area (Å²) in [6.45, 7) is 0.0862. The van der Waals surface area contributed by atoms with Crippen molar-refractivity contribution in [1.29, 1.82) is 0 Å². The lowest BCUT2D eigenvalue weighted by Gasteiger charge is -2.24. The number of sulfonamides is 1. The molecular formula is C14H16F2N2O2S2. The van der Waals surface area contributed by atoms with Crippen LogP contribution in [-0.4, -0.2) is 34.0 Å². The van der Waals surface area contributed by atoms with Gasteiger partial charge in [-0.15, -0.1) is 0 Å². The Hall–Kier alpha value is -1.35. The summed E-state index contributed by atoms with van der Waals surface area (Å²) in [6, 6.07) is 4.12. The second-order valence-electron chi connectivity index (χ2n) is 4.96. The fourth-order valence-electron chi connectivity index (χ4n) is 2.02. The van der Waals surface area contributed by atoms with Gasteiger partial charge in [-0.3, -0.25) is 0 Å². The molecular weight excluding hydrogens is 330 g/mol. The minimum absolute atomic E-state index is 0.0862. The molecule has 1 atom stereocenters. The van der Waals surface area contributed by atoms with E-state index in [9.17, 15) is 17.2 Å². The van der Waals surface area contributed by atoms with Crippen LogP contribution in [0.15, 0.2) is 39.9 Å². The van der Waals surface area contributed by atoms with Gasteiger partial charge in [0, 0.05) is 18.7 Å². The van der Waals surface area contributed by atoms with Gasteiger partial charge in [0.15, 0.2) is 0 Å². The van der Waals surface area contributed by atoms with Crippen LogP contribution < -0.4 is 4.72 Å². The molecule has 4 nitrogen and oxygen atoms in total. The lowest BCUT2D eigenvalue weighted by molar-refractivity contribution is 0.300. The van der Waals surface area contributed by atoms with Crippen molar-refractivity contribution < 1.29 is 17.2 Å². The monoisotopic (exact) mass is 346 g/mol. The number of benzene rings is 1. The molecule has 0 radical (unpaired) electrons. The number of likely N-dealkylation sites (N-methyl/N-ethyl adjacent to an activating group) is 1. The average Bonchev–Trinajstić information content (AvgIpc) is 2.91. The zero-order valence-corrected chi connectivity index (χ0v) is 13.7. The fourth-order valence-corrected chi connectivity index (χ4v) is 3.83. The molecule has 8 heteroatoms. The molecule has 0 bridgehead atoms. The molecule has 2 rings (SSSR count). The smallest absolute Gasteiger partial charge is 0.243 e. The van der Waals surface area contributed by atoms with Crippen LogP contribution in [0, 0.1) is 11.6 Å². The van der Waals surface area contributed by atoms with Crippen molar-refractivity contribution in [1.82, 2.24) is 9.62 Å². The molecule has 0 fully saturated rings. The molecule has 0 aliphatic rings. The van der Waals surface area contributed by atoms with E-state index < -0.39 is 26.6 Å². The predicted molar refractivity (Wildman–Crippen MR) is 82.3 cm³/mol. The SMILES string of the molecule is CN(C)[C@H](CNS(=O)(=O)c1ccc(F)cc1F)c1ccsc1. The third-order valence-electron chi connectivity index (χ3n) is 3.20. The van der Waals surface area contributed by atoms with Gasteiger partial charge in [-0.25, -0.2) is 21.9 Å². The lowest BCUT2D eigenvalue weighted by atomic mass is 10.1. The molecule has 1 aromatic heterocycles. The van der Waals surface area contributed by atoms with Crippen LogP contribution in [0.2, 0.25) is 0 Å². The highest BCUT2D eigenvalue weighted by atomic mass is 32.2. The van der Waals surface area contributed by atoms with Gasteiger partial charge in [-0.2, -0.15) is 11.3 Å². The van der Waals surface area contributed by atoms with E-state index >= 15 is 0 Å². The number of thiophene rings is 1. The van der Waals surface area contributed by atoms with E-state index in [2.05, 4.69) is 4.72 Å². The van der Waals surface area contributed by atoms with E-state index in [1.165, 1.54) is 11.3 Å². The van der Waals surface area contributed by atoms with E-state index in [-0.39, 0.29) is 12.6 Å². The summed E-state index contributed by atoms with van der Waals surface area (Å²) in [5.41, 5.74) is 0.970. The number of halogens is 2. The van der Waals surface area contributed by atoms with Gasteiger partial charge in [0.2, 0.25) is 10.0 Å². The van der Waals surface area contributed by atoms with Crippen molar-refractivity contribution in [2.45, 2.75) is 10.9 Å². The first-order valence-corrected chi connectivity index (χ1v) is 8.87. The van der Waals surface area contributed by atoms with E-state index in [1.807, 2.05) is 35.8 Å². The molecule has 2 aromatic rings. The second-order valence-corrected chi connectivity index (χ2v) is 7.48. The molecule has 1 aromatic carbocycles. The fraction of sp³-hybridized carbons (Fsp3) is 0.286. The van der Waals surface area contributed by atoms with Crippen LogP contribution in [-0.2, 0) is 10.0 Å². The first-order valence-electron chi connectivity index (χ1n) is 6.44. The Bertz CT molecular complexity index is 731. The number of nitrogens with zero attached hydrogens (tertiary/aromatic N) is 1. The lowest BCUT2D eigenvalue weighted by Crippen LogP contribution is -2.34. The highest BCUT2D eigenvalue weighted by Crippen LogP contribution is 2.21. The first-order chi connectivity index (χ1) is 10.3. The van der Waals surface area contributed by atoms with Crippen LogP contribution in [0.3, 0.4) is 0 Å². The predicted octanol–water partition coefficient (Wildman–Crippen LogP) is 2.61. The standard InChI is InChI=1S/C14H16F2N2O2S2/c1-18(2)13(10-5-6-21-9-10)8-17-22(19,20)14-4-3-11(15)7-12(14)16/h3-7,9,13,17H,8H2,1-2H3/t13-/m1/s1. The summed E-state index contributed by atoms with van der Waals surface area (Å²) in [7, 11) is -0.385. The highest BCUT2D eigenvalue weighted by molar-refractivity contribution is 7.89. The van der Waals surface area contributed by atoms with E-state index in [4.69, 9.17) is 0 Å². The first kappa shape index (κ1) is 17.0. The molecule has 22 heavy (non-hydrogen) atoms. The Morgan fingerprint density at radius 2 is 2.00 bits per heavy atom. The Morgan fingerprint density at radius 1 is 1.27 bits per heavy atom. The number of nitrogens with one attached hydrogen (secondary N) is 1. The summed E-state index contributed by atoms with van der Waals surface area (Å²) in [5, 5.41) is 3.83. The molecule has 0 unspecified atom stereocenters. The van der Waals surface area contributed by atoms with E-state index in [0.717, 1.165) is 17.7 Å². The Labute approximate surface area is 132 Å². The zero-order chi connectivity index (χ0) is 16.3. The maximum Gasteiger partial charge on any atom is 0.243 e. The van der Waals surface area contributed by atoms with Crippen molar-refractivity contribution in [2.75, 3.05) is 20.6 Å². The number of hydrogen-bond acceptors (Lipinski definition) is 4. The second kappa shape index (κ2) is 6.82. The molecule has 0 saturated heterocycles. The van der Waals surface area contributed by atoms with Crippen molar-refractivity contribution in [3.05, 3.63) is 52.2 Å². The Morgan fingerprint density at radius 3 is 2.55 bits per heavy atom. The maximum absolute atomic E-state index is 13.6. The van der Waals surface area contributed by atoms with Gasteiger partial charge in [-0.1, -0.05) is 0 Å². The van der Waals surface area contributed by atoms with Gasteiger partial charge < -0.3 is 4.90 Å². The summed E-state index contributed by atoms with van der Waals surface area (Å²) in [5.74, 6) is -1.93. The zero-order valence-electron chi connectivity index (χ0n) is 12.1. The van der Waals surface area contributed by atoms with Gasteiger partial charge in [0.1, 0.15) is 16.5 Å². The summed E-state index contributed by atoms with van der Waals surface area (Å²) >= 11 is 1.51.